The summed E-state index contributed by atoms with van der Waals surface area (Å²) < 4.78 is 4.63. The van der Waals surface area contributed by atoms with Crippen LogP contribution in [0.2, 0.25) is 5.02 Å². The number of hydrogen-bond donors (Lipinski definition) is 2. The minimum absolute atomic E-state index is 0.0663. The highest BCUT2D eigenvalue weighted by atomic mass is 35.5. The zero-order chi connectivity index (χ0) is 24.2. The van der Waals surface area contributed by atoms with Crippen LogP contribution in [0.25, 0.3) is 10.4 Å². The van der Waals surface area contributed by atoms with Crippen molar-refractivity contribution in [3.05, 3.63) is 75.1 Å². The standard InChI is InChI=1S/C25H25ClN2O4S/c1-25(2,3)18-8-5-15(6-9-18)22-21(29)17(14-33-22)11-12-27-28-23(30)16-7-10-19(20(26)13-16)24(31)32-4/h5-10,12-14,29H,11H2,1-4H3,(H,28,30). The molecule has 1 amide bonds. The van der Waals surface area contributed by atoms with E-state index in [0.717, 1.165) is 16.0 Å². The molecule has 1 heterocycles. The maximum atomic E-state index is 12.3. The van der Waals surface area contributed by atoms with Crippen LogP contribution in [0.1, 0.15) is 52.6 Å². The first-order valence-electron chi connectivity index (χ1n) is 10.2. The fourth-order valence-corrected chi connectivity index (χ4v) is 4.34. The predicted molar refractivity (Wildman–Crippen MR) is 133 cm³/mol. The molecule has 8 heteroatoms. The number of ether oxygens (including phenoxy) is 1. The van der Waals surface area contributed by atoms with Crippen molar-refractivity contribution >= 4 is 41.0 Å². The Morgan fingerprint density at radius 2 is 1.88 bits per heavy atom. The number of carbonyl (C=O) groups excluding carboxylic acids is 2. The van der Waals surface area contributed by atoms with Gasteiger partial charge < -0.3 is 9.84 Å². The van der Waals surface area contributed by atoms with Gasteiger partial charge in [0.15, 0.2) is 0 Å². The summed E-state index contributed by atoms with van der Waals surface area (Å²) in [6.45, 7) is 6.48. The van der Waals surface area contributed by atoms with Gasteiger partial charge in [-0.15, -0.1) is 11.3 Å². The van der Waals surface area contributed by atoms with E-state index in [0.29, 0.717) is 6.42 Å². The first kappa shape index (κ1) is 24.5. The van der Waals surface area contributed by atoms with E-state index in [1.54, 1.807) is 0 Å². The van der Waals surface area contributed by atoms with Gasteiger partial charge in [0.1, 0.15) is 5.75 Å². The number of methoxy groups -OCH3 is 1. The van der Waals surface area contributed by atoms with Gasteiger partial charge in [-0.05, 0) is 40.1 Å². The summed E-state index contributed by atoms with van der Waals surface area (Å²) in [6, 6.07) is 12.4. The molecule has 0 radical (unpaired) electrons. The Morgan fingerprint density at radius 1 is 1.18 bits per heavy atom. The third-order valence-corrected chi connectivity index (χ3v) is 6.44. The van der Waals surface area contributed by atoms with Crippen molar-refractivity contribution in [3.8, 4) is 16.2 Å². The molecular formula is C25H25ClN2O4S. The van der Waals surface area contributed by atoms with Gasteiger partial charge in [0, 0.05) is 23.8 Å². The summed E-state index contributed by atoms with van der Waals surface area (Å²) in [6.07, 6.45) is 1.86. The van der Waals surface area contributed by atoms with Crippen molar-refractivity contribution in [2.24, 2.45) is 5.10 Å². The number of halogens is 1. The van der Waals surface area contributed by atoms with Crippen molar-refractivity contribution in [1.29, 1.82) is 0 Å². The van der Waals surface area contributed by atoms with Crippen LogP contribution in [0, 0.1) is 0 Å². The van der Waals surface area contributed by atoms with E-state index >= 15 is 0 Å². The van der Waals surface area contributed by atoms with Gasteiger partial charge in [0.25, 0.3) is 5.91 Å². The highest BCUT2D eigenvalue weighted by Gasteiger charge is 2.16. The molecule has 0 unspecified atom stereocenters. The van der Waals surface area contributed by atoms with E-state index in [4.69, 9.17) is 11.6 Å². The summed E-state index contributed by atoms with van der Waals surface area (Å²) in [5.74, 6) is -0.838. The molecule has 2 aromatic carbocycles. The third-order valence-electron chi connectivity index (χ3n) is 5.06. The second-order valence-corrected chi connectivity index (χ2v) is 9.70. The molecule has 0 bridgehead atoms. The monoisotopic (exact) mass is 484 g/mol. The first-order chi connectivity index (χ1) is 15.6. The topological polar surface area (TPSA) is 88.0 Å². The fourth-order valence-electron chi connectivity index (χ4n) is 3.10. The number of amides is 1. The molecule has 0 saturated heterocycles. The van der Waals surface area contributed by atoms with Gasteiger partial charge in [-0.1, -0.05) is 56.6 Å². The number of aromatic hydroxyl groups is 1. The number of thiophene rings is 1. The molecule has 0 atom stereocenters. The van der Waals surface area contributed by atoms with E-state index in [9.17, 15) is 14.7 Å². The molecule has 6 nitrogen and oxygen atoms in total. The van der Waals surface area contributed by atoms with Crippen molar-refractivity contribution in [2.45, 2.75) is 32.6 Å². The molecular weight excluding hydrogens is 460 g/mol. The second kappa shape index (κ2) is 10.2. The Hall–Kier alpha value is -3.16. The van der Waals surface area contributed by atoms with Gasteiger partial charge in [-0.25, -0.2) is 10.2 Å². The minimum atomic E-state index is -0.579. The number of nitrogens with zero attached hydrogens (tertiary/aromatic N) is 1. The van der Waals surface area contributed by atoms with Crippen molar-refractivity contribution in [2.75, 3.05) is 7.11 Å². The van der Waals surface area contributed by atoms with E-state index in [-0.39, 0.29) is 27.3 Å². The van der Waals surface area contributed by atoms with Crippen LogP contribution in [0.3, 0.4) is 0 Å². The molecule has 0 spiro atoms. The van der Waals surface area contributed by atoms with Crippen LogP contribution in [0.5, 0.6) is 5.75 Å². The quantitative estimate of drug-likeness (QED) is 0.262. The molecule has 33 heavy (non-hydrogen) atoms. The molecule has 0 aliphatic heterocycles. The number of rotatable bonds is 6. The summed E-state index contributed by atoms with van der Waals surface area (Å²) in [5.41, 5.74) is 5.81. The normalized spacial score (nSPS) is 11.5. The first-order valence-corrected chi connectivity index (χ1v) is 11.5. The molecule has 3 aromatic rings. The summed E-state index contributed by atoms with van der Waals surface area (Å²) in [7, 11) is 1.25. The van der Waals surface area contributed by atoms with Crippen LogP contribution >= 0.6 is 22.9 Å². The Kier molecular flexibility index (Phi) is 7.56. The highest BCUT2D eigenvalue weighted by molar-refractivity contribution is 7.14. The lowest BCUT2D eigenvalue weighted by molar-refractivity contribution is 0.0600. The molecule has 0 saturated carbocycles. The third kappa shape index (κ3) is 5.80. The largest absolute Gasteiger partial charge is 0.506 e. The zero-order valence-electron chi connectivity index (χ0n) is 18.8. The second-order valence-electron chi connectivity index (χ2n) is 8.41. The molecule has 172 valence electrons. The van der Waals surface area contributed by atoms with Crippen LogP contribution in [-0.4, -0.2) is 30.3 Å². The van der Waals surface area contributed by atoms with E-state index in [2.05, 4.69) is 48.2 Å². The van der Waals surface area contributed by atoms with Gasteiger partial charge in [0.05, 0.1) is 22.6 Å². The van der Waals surface area contributed by atoms with Crippen molar-refractivity contribution in [1.82, 2.24) is 5.43 Å². The predicted octanol–water partition coefficient (Wildman–Crippen LogP) is 5.82. The maximum Gasteiger partial charge on any atom is 0.339 e. The van der Waals surface area contributed by atoms with Gasteiger partial charge in [0.2, 0.25) is 0 Å². The zero-order valence-corrected chi connectivity index (χ0v) is 20.4. The fraction of sp³-hybridized carbons (Fsp3) is 0.240. The number of nitrogens with one attached hydrogen (secondary N) is 1. The van der Waals surface area contributed by atoms with Crippen molar-refractivity contribution in [3.63, 3.8) is 0 Å². The Bertz CT molecular complexity index is 1190. The summed E-state index contributed by atoms with van der Waals surface area (Å²) in [5, 5.41) is 16.6. The number of hydrogen-bond acceptors (Lipinski definition) is 6. The number of hydrazone groups is 1. The van der Waals surface area contributed by atoms with E-state index in [1.807, 2.05) is 17.5 Å². The number of carbonyl (C=O) groups is 2. The highest BCUT2D eigenvalue weighted by Crippen LogP contribution is 2.39. The lowest BCUT2D eigenvalue weighted by Crippen LogP contribution is -2.18. The number of esters is 1. The van der Waals surface area contributed by atoms with Gasteiger partial charge in [-0.2, -0.15) is 5.10 Å². The Morgan fingerprint density at radius 3 is 2.48 bits per heavy atom. The lowest BCUT2D eigenvalue weighted by atomic mass is 9.86. The van der Waals surface area contributed by atoms with Crippen LogP contribution in [0.4, 0.5) is 0 Å². The molecule has 2 N–H and O–H groups in total. The molecule has 0 aliphatic rings. The smallest absolute Gasteiger partial charge is 0.339 e. The SMILES string of the molecule is COC(=O)c1ccc(C(=O)NN=CCc2csc(-c3ccc(C(C)(C)C)cc3)c2O)cc1Cl. The lowest BCUT2D eigenvalue weighted by Gasteiger charge is -2.19. The molecule has 0 fully saturated rings. The maximum absolute atomic E-state index is 12.3. The molecule has 0 aliphatic carbocycles. The van der Waals surface area contributed by atoms with E-state index in [1.165, 1.54) is 48.4 Å². The Balaban J connectivity index is 1.62. The minimum Gasteiger partial charge on any atom is -0.506 e. The van der Waals surface area contributed by atoms with Crippen molar-refractivity contribution < 1.29 is 19.4 Å². The van der Waals surface area contributed by atoms with Gasteiger partial charge >= 0.3 is 5.97 Å². The van der Waals surface area contributed by atoms with Gasteiger partial charge in [-0.3, -0.25) is 4.79 Å². The molecule has 1 aromatic heterocycles. The summed E-state index contributed by atoms with van der Waals surface area (Å²) in [4.78, 5) is 24.6. The average Bonchev–Trinajstić information content (AvgIpc) is 3.15. The van der Waals surface area contributed by atoms with Crippen LogP contribution in [-0.2, 0) is 16.6 Å². The average molecular weight is 485 g/mol. The van der Waals surface area contributed by atoms with E-state index < -0.39 is 11.9 Å². The summed E-state index contributed by atoms with van der Waals surface area (Å²) >= 11 is 7.50. The molecule has 3 rings (SSSR count). The van der Waals surface area contributed by atoms with Crippen LogP contribution in [0.15, 0.2) is 52.9 Å². The van der Waals surface area contributed by atoms with Crippen LogP contribution < -0.4 is 5.43 Å². The Labute approximate surface area is 201 Å². The number of benzene rings is 2.